The summed E-state index contributed by atoms with van der Waals surface area (Å²) in [7, 11) is 7.69. The first-order valence-corrected chi connectivity index (χ1v) is 12.7. The molecular weight excluding hydrogens is 536 g/mol. The highest BCUT2D eigenvalue weighted by molar-refractivity contribution is 7.13. The predicted octanol–water partition coefficient (Wildman–Crippen LogP) is -0.422. The highest BCUT2D eigenvalue weighted by atomic mass is 35.5. The van der Waals surface area contributed by atoms with Crippen LogP contribution in [0.3, 0.4) is 0 Å². The van der Waals surface area contributed by atoms with Crippen molar-refractivity contribution in [3.63, 3.8) is 0 Å². The lowest BCUT2D eigenvalue weighted by Crippen LogP contribution is -2.64. The van der Waals surface area contributed by atoms with Gasteiger partial charge in [0.1, 0.15) is 17.9 Å². The summed E-state index contributed by atoms with van der Waals surface area (Å²) >= 11 is 6.99. The van der Waals surface area contributed by atoms with Crippen LogP contribution in [0, 0.1) is 0 Å². The Bertz CT molecular complexity index is 1230. The molecule has 3 heterocycles. The Kier molecular flexibility index (Phi) is 9.36. The Morgan fingerprint density at radius 2 is 1.63 bits per heavy atom. The molecule has 13 nitrogen and oxygen atoms in total. The summed E-state index contributed by atoms with van der Waals surface area (Å²) in [4.78, 5) is 78.4. The summed E-state index contributed by atoms with van der Waals surface area (Å²) in [5.74, 6) is -4.34. The molecule has 204 valence electrons. The number of anilines is 1. The average Bonchev–Trinajstić information content (AvgIpc) is 3.29. The lowest BCUT2D eigenvalue weighted by atomic mass is 10.0. The van der Waals surface area contributed by atoms with Gasteiger partial charge < -0.3 is 30.7 Å². The third-order valence-electron chi connectivity index (χ3n) is 5.61. The summed E-state index contributed by atoms with van der Waals surface area (Å²) in [5, 5.41) is 7.61. The molecule has 3 rings (SSSR count). The van der Waals surface area contributed by atoms with Crippen LogP contribution < -0.4 is 16.0 Å². The molecule has 0 saturated carbocycles. The largest absolute Gasteiger partial charge is 0.347 e. The molecule has 0 fully saturated rings. The first-order chi connectivity index (χ1) is 17.9. The summed E-state index contributed by atoms with van der Waals surface area (Å²) in [6.07, 6.45) is 1.97. The SMILES string of the molecule is CN1CCc2nc(C(=O)NC(C(=O)N(C)C)C(NC(=O)C(=O)Nc3ccc(Cl)cn3)C(=O)N(C)C)sc2C1. The molecule has 0 aliphatic carbocycles. The van der Waals surface area contributed by atoms with Gasteiger partial charge in [0.15, 0.2) is 5.01 Å². The van der Waals surface area contributed by atoms with Crippen molar-refractivity contribution in [3.05, 3.63) is 38.9 Å². The number of aromatic nitrogens is 2. The number of fused-ring (bicyclic) bond motifs is 1. The standard InChI is InChI=1S/C23H29ClN8O5S/c1-30(2)22(36)16(28-19(34)18(33)27-15-7-6-12(24)10-25-15)17(23(37)31(3)4)29-20(35)21-26-13-8-9-32(5)11-14(13)38-21/h6-7,10,16-17H,8-9,11H2,1-5H3,(H,28,34)(H,29,35)(H,25,27,33). The maximum absolute atomic E-state index is 13.2. The summed E-state index contributed by atoms with van der Waals surface area (Å²) in [6, 6.07) is -0.265. The fraction of sp³-hybridized carbons (Fsp3) is 0.435. The van der Waals surface area contributed by atoms with Crippen LogP contribution in [-0.2, 0) is 32.1 Å². The zero-order chi connectivity index (χ0) is 28.1. The first kappa shape index (κ1) is 28.9. The molecule has 2 aromatic heterocycles. The molecule has 3 N–H and O–H groups in total. The van der Waals surface area contributed by atoms with Gasteiger partial charge in [-0.2, -0.15) is 0 Å². The minimum Gasteiger partial charge on any atom is -0.347 e. The van der Waals surface area contributed by atoms with Crippen LogP contribution in [0.4, 0.5) is 5.82 Å². The first-order valence-electron chi connectivity index (χ1n) is 11.5. The van der Waals surface area contributed by atoms with Crippen LogP contribution in [0.15, 0.2) is 18.3 Å². The second kappa shape index (κ2) is 12.3. The molecule has 0 bridgehead atoms. The van der Waals surface area contributed by atoms with E-state index in [1.165, 1.54) is 62.8 Å². The number of hydrogen-bond acceptors (Lipinski definition) is 9. The van der Waals surface area contributed by atoms with Crippen molar-refractivity contribution < 1.29 is 24.0 Å². The molecule has 5 amide bonds. The number of rotatable bonds is 7. The van der Waals surface area contributed by atoms with Crippen molar-refractivity contribution in [2.24, 2.45) is 0 Å². The van der Waals surface area contributed by atoms with Crippen molar-refractivity contribution in [2.75, 3.05) is 47.1 Å². The Balaban J connectivity index is 1.85. The fourth-order valence-corrected chi connectivity index (χ4v) is 4.79. The number of carbonyl (C=O) groups is 5. The Hall–Kier alpha value is -3.62. The van der Waals surface area contributed by atoms with Crippen molar-refractivity contribution >= 4 is 58.3 Å². The highest BCUT2D eigenvalue weighted by Crippen LogP contribution is 2.24. The third kappa shape index (κ3) is 7.02. The monoisotopic (exact) mass is 564 g/mol. The van der Waals surface area contributed by atoms with Gasteiger partial charge in [-0.25, -0.2) is 9.97 Å². The zero-order valence-corrected chi connectivity index (χ0v) is 23.1. The topological polar surface area (TPSA) is 157 Å². The molecule has 15 heteroatoms. The number of carbonyl (C=O) groups excluding carboxylic acids is 5. The molecule has 0 spiro atoms. The van der Waals surface area contributed by atoms with Crippen molar-refractivity contribution in [3.8, 4) is 0 Å². The molecule has 1 aliphatic rings. The molecular formula is C23H29ClN8O5S. The zero-order valence-electron chi connectivity index (χ0n) is 21.6. The Morgan fingerprint density at radius 3 is 2.21 bits per heavy atom. The van der Waals surface area contributed by atoms with E-state index in [0.717, 1.165) is 22.0 Å². The Labute approximate surface area is 228 Å². The summed E-state index contributed by atoms with van der Waals surface area (Å²) in [5.41, 5.74) is 0.815. The van der Waals surface area contributed by atoms with Gasteiger partial charge in [-0.05, 0) is 19.2 Å². The van der Waals surface area contributed by atoms with E-state index in [-0.39, 0.29) is 10.8 Å². The molecule has 2 atom stereocenters. The van der Waals surface area contributed by atoms with Gasteiger partial charge in [0.2, 0.25) is 11.8 Å². The Morgan fingerprint density at radius 1 is 1.00 bits per heavy atom. The molecule has 2 aromatic rings. The molecule has 1 aliphatic heterocycles. The van der Waals surface area contributed by atoms with E-state index in [2.05, 4.69) is 30.8 Å². The molecule has 0 saturated heterocycles. The van der Waals surface area contributed by atoms with Crippen LogP contribution in [-0.4, -0.2) is 108 Å². The van der Waals surface area contributed by atoms with E-state index in [0.29, 0.717) is 18.0 Å². The summed E-state index contributed by atoms with van der Waals surface area (Å²) < 4.78 is 0. The lowest BCUT2D eigenvalue weighted by Gasteiger charge is -2.30. The van der Waals surface area contributed by atoms with Crippen molar-refractivity contribution in [1.29, 1.82) is 0 Å². The fourth-order valence-electron chi connectivity index (χ4n) is 3.58. The maximum atomic E-state index is 13.2. The number of hydrogen-bond donors (Lipinski definition) is 3. The van der Waals surface area contributed by atoms with E-state index in [4.69, 9.17) is 11.6 Å². The molecule has 0 aromatic carbocycles. The van der Waals surface area contributed by atoms with Gasteiger partial charge in [0, 0.05) is 58.8 Å². The number of halogens is 1. The highest BCUT2D eigenvalue weighted by Gasteiger charge is 2.39. The smallest absolute Gasteiger partial charge is 0.314 e. The number of nitrogens with one attached hydrogen (secondary N) is 3. The molecule has 2 unspecified atom stereocenters. The van der Waals surface area contributed by atoms with E-state index in [1.54, 1.807) is 0 Å². The van der Waals surface area contributed by atoms with Gasteiger partial charge in [-0.1, -0.05) is 11.6 Å². The van der Waals surface area contributed by atoms with Crippen LogP contribution in [0.2, 0.25) is 5.02 Å². The summed E-state index contributed by atoms with van der Waals surface area (Å²) in [6.45, 7) is 1.45. The van der Waals surface area contributed by atoms with E-state index >= 15 is 0 Å². The van der Waals surface area contributed by atoms with Crippen LogP contribution in [0.1, 0.15) is 20.4 Å². The number of nitrogens with zero attached hydrogens (tertiary/aromatic N) is 5. The van der Waals surface area contributed by atoms with Crippen molar-refractivity contribution in [2.45, 2.75) is 25.0 Å². The molecule has 38 heavy (non-hydrogen) atoms. The lowest BCUT2D eigenvalue weighted by molar-refractivity contribution is -0.143. The number of thiazole rings is 1. The van der Waals surface area contributed by atoms with Gasteiger partial charge in [0.05, 0.1) is 10.7 Å². The minimum atomic E-state index is -1.60. The quantitative estimate of drug-likeness (QED) is 0.383. The minimum absolute atomic E-state index is 0.0534. The van der Waals surface area contributed by atoms with Gasteiger partial charge in [0.25, 0.3) is 5.91 Å². The predicted molar refractivity (Wildman–Crippen MR) is 141 cm³/mol. The van der Waals surface area contributed by atoms with Crippen LogP contribution in [0.5, 0.6) is 0 Å². The maximum Gasteiger partial charge on any atom is 0.314 e. The van der Waals surface area contributed by atoms with E-state index in [1.807, 2.05) is 7.05 Å². The van der Waals surface area contributed by atoms with Crippen LogP contribution in [0.25, 0.3) is 0 Å². The normalized spacial score (nSPS) is 14.5. The number of amides is 5. The number of pyridine rings is 1. The second-order valence-electron chi connectivity index (χ2n) is 9.06. The van der Waals surface area contributed by atoms with Crippen LogP contribution >= 0.6 is 22.9 Å². The third-order valence-corrected chi connectivity index (χ3v) is 6.92. The van der Waals surface area contributed by atoms with Gasteiger partial charge >= 0.3 is 11.8 Å². The van der Waals surface area contributed by atoms with Crippen molar-refractivity contribution in [1.82, 2.24) is 35.3 Å². The number of likely N-dealkylation sites (N-methyl/N-ethyl adjacent to an activating group) is 3. The van der Waals surface area contributed by atoms with Gasteiger partial charge in [-0.15, -0.1) is 11.3 Å². The molecule has 0 radical (unpaired) electrons. The van der Waals surface area contributed by atoms with E-state index in [9.17, 15) is 24.0 Å². The van der Waals surface area contributed by atoms with E-state index < -0.39 is 41.6 Å². The second-order valence-corrected chi connectivity index (χ2v) is 10.6. The average molecular weight is 565 g/mol. The van der Waals surface area contributed by atoms with Gasteiger partial charge in [-0.3, -0.25) is 24.0 Å².